The molecule has 9 heteroatoms. The number of Topliss-reactive ketones (excluding diaryl/α,β-unsaturated/α-hetero) is 1. The Labute approximate surface area is 189 Å². The number of anilines is 2. The van der Waals surface area contributed by atoms with Crippen molar-refractivity contribution in [3.8, 4) is 6.07 Å². The number of carbonyl (C=O) groups excluding carboxylic acids is 2. The van der Waals surface area contributed by atoms with Gasteiger partial charge in [0.15, 0.2) is 5.78 Å². The number of nitro benzene ring substituents is 1. The summed E-state index contributed by atoms with van der Waals surface area (Å²) in [4.78, 5) is 41.1. The molecule has 2 N–H and O–H groups in total. The third-order valence-corrected chi connectivity index (χ3v) is 6.61. The van der Waals surface area contributed by atoms with Gasteiger partial charge in [0.2, 0.25) is 5.91 Å². The zero-order valence-corrected chi connectivity index (χ0v) is 17.7. The first kappa shape index (κ1) is 20.5. The lowest BCUT2D eigenvalue weighted by atomic mass is 9.64. The van der Waals surface area contributed by atoms with Gasteiger partial charge in [-0.25, -0.2) is 0 Å². The molecule has 1 spiro atoms. The number of nitro groups is 1. The smallest absolute Gasteiger partial charge is 0.271 e. The number of nitriles is 1. The van der Waals surface area contributed by atoms with Crippen molar-refractivity contribution in [1.29, 1.82) is 5.26 Å². The Kier molecular flexibility index (Phi) is 4.36. The van der Waals surface area contributed by atoms with Crippen LogP contribution in [0.1, 0.15) is 24.8 Å². The van der Waals surface area contributed by atoms with Gasteiger partial charge in [-0.05, 0) is 25.0 Å². The fourth-order valence-electron chi connectivity index (χ4n) is 5.28. The van der Waals surface area contributed by atoms with Gasteiger partial charge in [-0.15, -0.1) is 0 Å². The van der Waals surface area contributed by atoms with Crippen molar-refractivity contribution in [3.63, 3.8) is 0 Å². The number of benzene rings is 2. The maximum absolute atomic E-state index is 13.8. The van der Waals surface area contributed by atoms with E-state index in [1.54, 1.807) is 37.4 Å². The predicted octanol–water partition coefficient (Wildman–Crippen LogP) is 3.03. The largest absolute Gasteiger partial charge is 0.384 e. The lowest BCUT2D eigenvalue weighted by molar-refractivity contribution is -0.384. The molecule has 2 aromatic rings. The Hall–Kier alpha value is -4.45. The second-order valence-electron chi connectivity index (χ2n) is 8.21. The van der Waals surface area contributed by atoms with Crippen LogP contribution in [0, 0.1) is 21.4 Å². The number of nitrogens with two attached hydrogens (primary N) is 1. The van der Waals surface area contributed by atoms with Crippen molar-refractivity contribution in [2.24, 2.45) is 5.73 Å². The minimum Gasteiger partial charge on any atom is -0.384 e. The molecule has 0 bridgehead atoms. The van der Waals surface area contributed by atoms with Crippen LogP contribution in [0.2, 0.25) is 0 Å². The number of rotatable bonds is 2. The number of hydrogen-bond acceptors (Lipinski definition) is 7. The van der Waals surface area contributed by atoms with Crippen LogP contribution in [-0.2, 0) is 15.0 Å². The van der Waals surface area contributed by atoms with E-state index >= 15 is 0 Å². The van der Waals surface area contributed by atoms with E-state index in [1.807, 2.05) is 0 Å². The summed E-state index contributed by atoms with van der Waals surface area (Å²) >= 11 is 0. The Balaban J connectivity index is 1.88. The van der Waals surface area contributed by atoms with E-state index in [2.05, 4.69) is 6.07 Å². The van der Waals surface area contributed by atoms with Gasteiger partial charge in [-0.1, -0.05) is 24.3 Å². The average Bonchev–Trinajstić information content (AvgIpc) is 3.02. The number of hydrogen-bond donors (Lipinski definition) is 1. The molecule has 0 radical (unpaired) electrons. The van der Waals surface area contributed by atoms with Gasteiger partial charge >= 0.3 is 0 Å². The zero-order valence-electron chi connectivity index (χ0n) is 17.7. The molecule has 2 aliphatic heterocycles. The molecule has 1 unspecified atom stereocenters. The number of amides is 1. The molecule has 1 amide bonds. The van der Waals surface area contributed by atoms with E-state index in [0.29, 0.717) is 35.5 Å². The summed E-state index contributed by atoms with van der Waals surface area (Å²) in [7, 11) is 1.61. The zero-order chi connectivity index (χ0) is 23.5. The van der Waals surface area contributed by atoms with E-state index < -0.39 is 16.2 Å². The average molecular weight is 441 g/mol. The van der Waals surface area contributed by atoms with E-state index in [1.165, 1.54) is 28.0 Å². The molecule has 9 nitrogen and oxygen atoms in total. The highest BCUT2D eigenvalue weighted by molar-refractivity contribution is 6.20. The molecule has 1 aliphatic carbocycles. The number of fused-ring (bicyclic) bond motifs is 3. The number of allylic oxidation sites excluding steroid dienone is 1. The summed E-state index contributed by atoms with van der Waals surface area (Å²) in [5, 5.41) is 21.6. The molecule has 2 heterocycles. The minimum absolute atomic E-state index is 0.00935. The summed E-state index contributed by atoms with van der Waals surface area (Å²) in [6, 6.07) is 15.0. The van der Waals surface area contributed by atoms with Crippen LogP contribution in [0.15, 0.2) is 71.2 Å². The third kappa shape index (κ3) is 2.52. The van der Waals surface area contributed by atoms with Crippen LogP contribution in [-0.4, -0.2) is 23.7 Å². The normalized spacial score (nSPS) is 21.9. The summed E-state index contributed by atoms with van der Waals surface area (Å²) in [6.07, 6.45) is 1.21. The first-order valence-corrected chi connectivity index (χ1v) is 10.4. The summed E-state index contributed by atoms with van der Waals surface area (Å²) < 4.78 is 0. The fourth-order valence-corrected chi connectivity index (χ4v) is 5.28. The Morgan fingerprint density at radius 1 is 1.15 bits per heavy atom. The fraction of sp³-hybridized carbons (Fsp3) is 0.208. The van der Waals surface area contributed by atoms with Gasteiger partial charge in [-0.2, -0.15) is 5.26 Å². The van der Waals surface area contributed by atoms with Crippen LogP contribution in [0.3, 0.4) is 0 Å². The van der Waals surface area contributed by atoms with Crippen LogP contribution in [0.4, 0.5) is 17.1 Å². The van der Waals surface area contributed by atoms with Crippen molar-refractivity contribution in [3.05, 3.63) is 86.9 Å². The van der Waals surface area contributed by atoms with Gasteiger partial charge in [-0.3, -0.25) is 24.6 Å². The lowest BCUT2D eigenvalue weighted by Crippen LogP contribution is -2.52. The van der Waals surface area contributed by atoms with Gasteiger partial charge in [0.1, 0.15) is 17.3 Å². The molecule has 0 fully saturated rings. The van der Waals surface area contributed by atoms with Crippen LogP contribution >= 0.6 is 0 Å². The standard InChI is InChI=1S/C24H19N5O4/c1-27-18-9-3-2-8-16(18)24(23(27)31)17(13-25)22(26)28(19-10-5-11-20(30)21(19)24)14-6-4-7-15(12-14)29(32)33/h2-4,6-9,12H,5,10-11,26H2,1H3. The molecule has 0 saturated heterocycles. The Bertz CT molecular complexity index is 1370. The minimum atomic E-state index is -1.63. The first-order valence-electron chi connectivity index (χ1n) is 10.4. The van der Waals surface area contributed by atoms with Crippen LogP contribution < -0.4 is 15.5 Å². The van der Waals surface area contributed by atoms with Crippen molar-refractivity contribution in [2.75, 3.05) is 16.8 Å². The molecular formula is C24H19N5O4. The summed E-state index contributed by atoms with van der Waals surface area (Å²) in [5.74, 6) is -0.653. The predicted molar refractivity (Wildman–Crippen MR) is 120 cm³/mol. The molecule has 0 aromatic heterocycles. The molecular weight excluding hydrogens is 422 g/mol. The van der Waals surface area contributed by atoms with E-state index in [-0.39, 0.29) is 34.9 Å². The topological polar surface area (TPSA) is 134 Å². The van der Waals surface area contributed by atoms with Gasteiger partial charge in [0.25, 0.3) is 5.69 Å². The number of non-ortho nitro benzene ring substituents is 1. The maximum Gasteiger partial charge on any atom is 0.271 e. The molecule has 5 rings (SSSR count). The number of para-hydroxylation sites is 1. The van der Waals surface area contributed by atoms with Crippen molar-refractivity contribution >= 4 is 28.8 Å². The number of carbonyl (C=O) groups is 2. The summed E-state index contributed by atoms with van der Waals surface area (Å²) in [6.45, 7) is 0. The molecule has 0 saturated carbocycles. The third-order valence-electron chi connectivity index (χ3n) is 6.61. The Morgan fingerprint density at radius 2 is 1.91 bits per heavy atom. The highest BCUT2D eigenvalue weighted by Gasteiger charge is 2.61. The Morgan fingerprint density at radius 3 is 2.64 bits per heavy atom. The van der Waals surface area contributed by atoms with E-state index in [0.717, 1.165) is 0 Å². The highest BCUT2D eigenvalue weighted by Crippen LogP contribution is 2.56. The molecule has 164 valence electrons. The van der Waals surface area contributed by atoms with Crippen molar-refractivity contribution in [2.45, 2.75) is 24.7 Å². The number of likely N-dealkylation sites (N-methyl/N-ethyl adjacent to an activating group) is 1. The summed E-state index contributed by atoms with van der Waals surface area (Å²) in [5.41, 5.74) is 6.97. The first-order chi connectivity index (χ1) is 15.8. The maximum atomic E-state index is 13.8. The van der Waals surface area contributed by atoms with Crippen molar-refractivity contribution < 1.29 is 14.5 Å². The number of nitrogens with zero attached hydrogens (tertiary/aromatic N) is 4. The van der Waals surface area contributed by atoms with E-state index in [9.17, 15) is 25.0 Å². The molecule has 33 heavy (non-hydrogen) atoms. The quantitative estimate of drug-likeness (QED) is 0.559. The molecule has 2 aromatic carbocycles. The number of ketones is 1. The van der Waals surface area contributed by atoms with Crippen molar-refractivity contribution in [1.82, 2.24) is 0 Å². The van der Waals surface area contributed by atoms with Gasteiger partial charge in [0, 0.05) is 48.1 Å². The monoisotopic (exact) mass is 441 g/mol. The second-order valence-corrected chi connectivity index (χ2v) is 8.21. The second kappa shape index (κ2) is 7.03. The van der Waals surface area contributed by atoms with Gasteiger partial charge in [0.05, 0.1) is 16.2 Å². The SMILES string of the molecule is CN1C(=O)C2(C(C#N)=C(N)N(c3cccc([N+](=O)[O-])c3)C3=C2C(=O)CCC3)c2ccccc21. The molecule has 1 atom stereocenters. The van der Waals surface area contributed by atoms with Gasteiger partial charge < -0.3 is 10.6 Å². The molecule has 3 aliphatic rings. The highest BCUT2D eigenvalue weighted by atomic mass is 16.6. The van der Waals surface area contributed by atoms with Crippen LogP contribution in [0.25, 0.3) is 0 Å². The lowest BCUT2D eigenvalue weighted by Gasteiger charge is -2.43. The van der Waals surface area contributed by atoms with Crippen LogP contribution in [0.5, 0.6) is 0 Å². The van der Waals surface area contributed by atoms with E-state index in [4.69, 9.17) is 5.73 Å².